The van der Waals surface area contributed by atoms with Crippen LogP contribution in [0.3, 0.4) is 0 Å². The number of nitrogens with one attached hydrogen (secondary N) is 1. The molecule has 1 fully saturated rings. The summed E-state index contributed by atoms with van der Waals surface area (Å²) < 4.78 is 6.49. The normalized spacial score (nSPS) is 15.3. The lowest BCUT2D eigenvalue weighted by molar-refractivity contribution is 0.0932. The second-order valence-corrected chi connectivity index (χ2v) is 7.57. The monoisotopic (exact) mass is 406 g/mol. The third kappa shape index (κ3) is 3.93. The van der Waals surface area contributed by atoms with Gasteiger partial charge in [-0.1, -0.05) is 30.3 Å². The minimum atomic E-state index is -0.278. The Hall–Kier alpha value is -3.19. The van der Waals surface area contributed by atoms with Gasteiger partial charge in [0, 0.05) is 19.0 Å². The summed E-state index contributed by atoms with van der Waals surface area (Å²) >= 11 is 0. The van der Waals surface area contributed by atoms with E-state index in [0.717, 1.165) is 37.2 Å². The number of methoxy groups -OCH3 is 1. The van der Waals surface area contributed by atoms with E-state index in [0.29, 0.717) is 17.3 Å². The Morgan fingerprint density at radius 2 is 1.77 bits per heavy atom. The van der Waals surface area contributed by atoms with Crippen molar-refractivity contribution in [3.63, 3.8) is 0 Å². The smallest absolute Gasteiger partial charge is 0.274 e. The van der Waals surface area contributed by atoms with E-state index in [9.17, 15) is 9.59 Å². The molecule has 4 rings (SSSR count). The third-order valence-electron chi connectivity index (χ3n) is 5.71. The standard InChI is InChI=1S/C23H26N4O3/c1-26-23(29)19-8-4-3-7-18(19)21(25-26)22(28)24-15-20(27-13-5-6-14-27)16-9-11-17(30-2)12-10-16/h3-4,7-12,20H,5-6,13-15H2,1-2H3,(H,24,28). The van der Waals surface area contributed by atoms with Gasteiger partial charge in [-0.15, -0.1) is 0 Å². The van der Waals surface area contributed by atoms with Gasteiger partial charge in [-0.25, -0.2) is 4.68 Å². The number of carbonyl (C=O) groups is 1. The number of benzene rings is 2. The Kier molecular flexibility index (Phi) is 5.81. The van der Waals surface area contributed by atoms with Gasteiger partial charge in [0.2, 0.25) is 0 Å². The molecule has 1 N–H and O–H groups in total. The van der Waals surface area contributed by atoms with Crippen molar-refractivity contribution < 1.29 is 9.53 Å². The molecule has 3 aromatic rings. The number of aryl methyl sites for hydroxylation is 1. The molecule has 1 saturated heterocycles. The Balaban J connectivity index is 1.59. The number of fused-ring (bicyclic) bond motifs is 1. The SMILES string of the molecule is COc1ccc(C(CNC(=O)c2nn(C)c(=O)c3ccccc23)N2CCCC2)cc1. The highest BCUT2D eigenvalue weighted by atomic mass is 16.5. The minimum absolute atomic E-state index is 0.0705. The molecule has 0 radical (unpaired) electrons. The van der Waals surface area contributed by atoms with Gasteiger partial charge in [0.1, 0.15) is 5.75 Å². The van der Waals surface area contributed by atoms with Crippen LogP contribution in [0.15, 0.2) is 53.3 Å². The Bertz CT molecular complexity index is 1100. The number of nitrogens with zero attached hydrogens (tertiary/aromatic N) is 3. The average Bonchev–Trinajstić information content (AvgIpc) is 3.31. The molecular formula is C23H26N4O3. The number of hydrogen-bond donors (Lipinski definition) is 1. The Morgan fingerprint density at radius 3 is 2.43 bits per heavy atom. The summed E-state index contributed by atoms with van der Waals surface area (Å²) in [6.07, 6.45) is 2.32. The average molecular weight is 406 g/mol. The highest BCUT2D eigenvalue weighted by Crippen LogP contribution is 2.26. The molecule has 7 nitrogen and oxygen atoms in total. The first-order valence-corrected chi connectivity index (χ1v) is 10.2. The van der Waals surface area contributed by atoms with Gasteiger partial charge in [-0.05, 0) is 49.7 Å². The predicted molar refractivity (Wildman–Crippen MR) is 116 cm³/mol. The molecule has 0 aliphatic carbocycles. The zero-order valence-electron chi connectivity index (χ0n) is 17.3. The molecule has 7 heteroatoms. The van der Waals surface area contributed by atoms with E-state index in [1.807, 2.05) is 30.3 Å². The molecule has 2 heterocycles. The Morgan fingerprint density at radius 1 is 1.10 bits per heavy atom. The molecule has 1 aliphatic heterocycles. The number of amides is 1. The fraction of sp³-hybridized carbons (Fsp3) is 0.348. The molecular weight excluding hydrogens is 380 g/mol. The number of ether oxygens (including phenoxy) is 1. The van der Waals surface area contributed by atoms with Gasteiger partial charge in [0.05, 0.1) is 18.5 Å². The van der Waals surface area contributed by atoms with Crippen LogP contribution in [0, 0.1) is 0 Å². The molecule has 30 heavy (non-hydrogen) atoms. The number of likely N-dealkylation sites (tertiary alicyclic amines) is 1. The molecule has 1 atom stereocenters. The second kappa shape index (κ2) is 8.67. The summed E-state index contributed by atoms with van der Waals surface area (Å²) in [5, 5.41) is 8.35. The first kappa shape index (κ1) is 20.1. The molecule has 156 valence electrons. The Labute approximate surface area is 175 Å². The fourth-order valence-electron chi connectivity index (χ4n) is 4.08. The number of hydrogen-bond acceptors (Lipinski definition) is 5. The molecule has 1 unspecified atom stereocenters. The van der Waals surface area contributed by atoms with Gasteiger partial charge < -0.3 is 10.1 Å². The highest BCUT2D eigenvalue weighted by Gasteiger charge is 2.25. The van der Waals surface area contributed by atoms with Gasteiger partial charge >= 0.3 is 0 Å². The predicted octanol–water partition coefficient (Wildman–Crippen LogP) is 2.51. The van der Waals surface area contributed by atoms with E-state index < -0.39 is 0 Å². The van der Waals surface area contributed by atoms with E-state index in [1.54, 1.807) is 32.4 Å². The highest BCUT2D eigenvalue weighted by molar-refractivity contribution is 6.04. The van der Waals surface area contributed by atoms with Crippen LogP contribution in [-0.4, -0.2) is 47.3 Å². The van der Waals surface area contributed by atoms with Crippen molar-refractivity contribution in [2.24, 2.45) is 7.05 Å². The van der Waals surface area contributed by atoms with Crippen molar-refractivity contribution in [3.8, 4) is 5.75 Å². The quantitative estimate of drug-likeness (QED) is 0.681. The zero-order valence-corrected chi connectivity index (χ0v) is 17.3. The van der Waals surface area contributed by atoms with Crippen molar-refractivity contribution in [3.05, 3.63) is 70.1 Å². The lowest BCUT2D eigenvalue weighted by Gasteiger charge is -2.28. The fourth-order valence-corrected chi connectivity index (χ4v) is 4.08. The largest absolute Gasteiger partial charge is 0.497 e. The van der Waals surface area contributed by atoms with Gasteiger partial charge in [-0.2, -0.15) is 5.10 Å². The second-order valence-electron chi connectivity index (χ2n) is 7.57. The van der Waals surface area contributed by atoms with Crippen LogP contribution in [0.5, 0.6) is 5.75 Å². The summed E-state index contributed by atoms with van der Waals surface area (Å²) in [4.78, 5) is 27.8. The lowest BCUT2D eigenvalue weighted by atomic mass is 10.0. The number of aromatic nitrogens is 2. The van der Waals surface area contributed by atoms with E-state index in [4.69, 9.17) is 4.74 Å². The maximum absolute atomic E-state index is 13.0. The molecule has 1 aromatic heterocycles. The maximum Gasteiger partial charge on any atom is 0.274 e. The molecule has 1 amide bonds. The summed E-state index contributed by atoms with van der Waals surface area (Å²) in [7, 11) is 3.22. The minimum Gasteiger partial charge on any atom is -0.497 e. The summed E-state index contributed by atoms with van der Waals surface area (Å²) in [6, 6.07) is 15.1. The van der Waals surface area contributed by atoms with Gasteiger partial charge in [0.25, 0.3) is 11.5 Å². The molecule has 1 aliphatic rings. The summed E-state index contributed by atoms with van der Waals surface area (Å²) in [5.41, 5.74) is 1.19. The van der Waals surface area contributed by atoms with Crippen molar-refractivity contribution in [1.82, 2.24) is 20.0 Å². The third-order valence-corrected chi connectivity index (χ3v) is 5.71. The molecule has 2 aromatic carbocycles. The van der Waals surface area contributed by atoms with Crippen LogP contribution in [-0.2, 0) is 7.05 Å². The van der Waals surface area contributed by atoms with E-state index >= 15 is 0 Å². The molecule has 0 spiro atoms. The van der Waals surface area contributed by atoms with Crippen molar-refractivity contribution in [2.45, 2.75) is 18.9 Å². The first-order chi connectivity index (χ1) is 14.6. The van der Waals surface area contributed by atoms with E-state index in [2.05, 4.69) is 15.3 Å². The molecule has 0 saturated carbocycles. The summed E-state index contributed by atoms with van der Waals surface area (Å²) in [5.74, 6) is 0.531. The van der Waals surface area contributed by atoms with Crippen molar-refractivity contribution >= 4 is 16.7 Å². The van der Waals surface area contributed by atoms with Crippen LogP contribution >= 0.6 is 0 Å². The van der Waals surface area contributed by atoms with Crippen LogP contribution in [0.1, 0.15) is 34.9 Å². The lowest BCUT2D eigenvalue weighted by Crippen LogP contribution is -2.37. The van der Waals surface area contributed by atoms with Gasteiger partial charge in [0.15, 0.2) is 5.69 Å². The number of rotatable bonds is 6. The van der Waals surface area contributed by atoms with Crippen LogP contribution in [0.25, 0.3) is 10.8 Å². The van der Waals surface area contributed by atoms with Gasteiger partial charge in [-0.3, -0.25) is 14.5 Å². The first-order valence-electron chi connectivity index (χ1n) is 10.2. The van der Waals surface area contributed by atoms with E-state index in [-0.39, 0.29) is 23.2 Å². The maximum atomic E-state index is 13.0. The van der Waals surface area contributed by atoms with E-state index in [1.165, 1.54) is 4.68 Å². The van der Waals surface area contributed by atoms with Crippen LogP contribution < -0.4 is 15.6 Å². The van der Waals surface area contributed by atoms with Crippen molar-refractivity contribution in [1.29, 1.82) is 0 Å². The van der Waals surface area contributed by atoms with Crippen molar-refractivity contribution in [2.75, 3.05) is 26.7 Å². The molecule has 0 bridgehead atoms. The van der Waals surface area contributed by atoms with Crippen LogP contribution in [0.4, 0.5) is 0 Å². The summed E-state index contributed by atoms with van der Waals surface area (Å²) in [6.45, 7) is 2.48. The van der Waals surface area contributed by atoms with Crippen LogP contribution in [0.2, 0.25) is 0 Å². The topological polar surface area (TPSA) is 76.5 Å². The zero-order chi connectivity index (χ0) is 21.1. The number of carbonyl (C=O) groups excluding carboxylic acids is 1.